The van der Waals surface area contributed by atoms with Crippen molar-refractivity contribution in [1.29, 1.82) is 0 Å². The number of nitrogens with zero attached hydrogens (tertiary/aromatic N) is 3. The summed E-state index contributed by atoms with van der Waals surface area (Å²) in [5.74, 6) is -0.570. The van der Waals surface area contributed by atoms with Gasteiger partial charge in [-0.3, -0.25) is 14.4 Å². The normalized spacial score (nSPS) is 20.4. The van der Waals surface area contributed by atoms with Gasteiger partial charge in [0.05, 0.1) is 11.7 Å². The maximum atomic E-state index is 13.5. The fourth-order valence-corrected chi connectivity index (χ4v) is 7.25. The lowest BCUT2D eigenvalue weighted by Gasteiger charge is -2.38. The van der Waals surface area contributed by atoms with Crippen LogP contribution in [0.5, 0.6) is 0 Å². The van der Waals surface area contributed by atoms with Crippen LogP contribution in [0.4, 0.5) is 0 Å². The van der Waals surface area contributed by atoms with Gasteiger partial charge in [-0.1, -0.05) is 25.4 Å². The van der Waals surface area contributed by atoms with Crippen molar-refractivity contribution in [2.75, 3.05) is 26.7 Å². The highest BCUT2D eigenvalue weighted by atomic mass is 35.5. The number of thiazole rings is 1. The van der Waals surface area contributed by atoms with Crippen LogP contribution < -0.4 is 10.6 Å². The van der Waals surface area contributed by atoms with Crippen LogP contribution in [0.2, 0.25) is 5.02 Å². The summed E-state index contributed by atoms with van der Waals surface area (Å²) >= 11 is 7.56. The van der Waals surface area contributed by atoms with Gasteiger partial charge in [0.15, 0.2) is 5.01 Å². The topological polar surface area (TPSA) is 110 Å². The highest BCUT2D eigenvalue weighted by Gasteiger charge is 2.38. The third kappa shape index (κ3) is 7.27. The van der Waals surface area contributed by atoms with Crippen LogP contribution in [-0.2, 0) is 17.8 Å². The summed E-state index contributed by atoms with van der Waals surface area (Å²) in [5.41, 5.74) is 2.25. The first-order valence-electron chi connectivity index (χ1n) is 14.6. The van der Waals surface area contributed by atoms with Gasteiger partial charge in [0.2, 0.25) is 5.91 Å². The highest BCUT2D eigenvalue weighted by molar-refractivity contribution is 7.13. The van der Waals surface area contributed by atoms with Crippen molar-refractivity contribution >= 4 is 64.0 Å². The first-order chi connectivity index (χ1) is 19.7. The Labute approximate surface area is 262 Å². The van der Waals surface area contributed by atoms with Crippen LogP contribution in [-0.4, -0.2) is 76.3 Å². The van der Waals surface area contributed by atoms with Crippen molar-refractivity contribution in [2.45, 2.75) is 71.0 Å². The number of H-pyrrole nitrogens is 1. The molecular weight excluding hydrogens is 595 g/mol. The fraction of sp³-hybridized carbons (Fsp3) is 0.533. The molecule has 3 atom stereocenters. The summed E-state index contributed by atoms with van der Waals surface area (Å²) in [6.07, 6.45) is 4.34. The van der Waals surface area contributed by atoms with Crippen LogP contribution >= 0.6 is 35.3 Å². The highest BCUT2D eigenvalue weighted by Crippen LogP contribution is 2.29. The summed E-state index contributed by atoms with van der Waals surface area (Å²) in [7, 11) is 2.07. The molecule has 2 aromatic heterocycles. The van der Waals surface area contributed by atoms with Crippen molar-refractivity contribution < 1.29 is 14.4 Å². The molecule has 1 aromatic carbocycles. The third-order valence-electron chi connectivity index (χ3n) is 8.07. The Bertz CT molecular complexity index is 1420. The minimum absolute atomic E-state index is 0. The van der Waals surface area contributed by atoms with Gasteiger partial charge >= 0.3 is 0 Å². The van der Waals surface area contributed by atoms with Crippen molar-refractivity contribution in [3.63, 3.8) is 0 Å². The zero-order valence-electron chi connectivity index (χ0n) is 24.4. The first kappa shape index (κ1) is 32.3. The summed E-state index contributed by atoms with van der Waals surface area (Å²) < 4.78 is 0. The molecule has 2 aliphatic rings. The molecule has 3 amide bonds. The number of halogens is 2. The molecule has 228 valence electrons. The van der Waals surface area contributed by atoms with E-state index in [9.17, 15) is 14.4 Å². The van der Waals surface area contributed by atoms with E-state index < -0.39 is 6.04 Å². The van der Waals surface area contributed by atoms with Crippen LogP contribution in [0, 0.1) is 5.92 Å². The number of carbonyl (C=O) groups is 3. The largest absolute Gasteiger partial charge is 0.351 e. The lowest BCUT2D eigenvalue weighted by molar-refractivity contribution is -0.137. The van der Waals surface area contributed by atoms with Gasteiger partial charge in [0.25, 0.3) is 11.8 Å². The van der Waals surface area contributed by atoms with E-state index in [4.69, 9.17) is 11.6 Å². The molecule has 0 saturated heterocycles. The van der Waals surface area contributed by atoms with E-state index in [1.807, 2.05) is 17.0 Å². The molecule has 0 spiro atoms. The Balaban J connectivity index is 0.00000405. The number of likely N-dealkylation sites (N-methyl/N-ethyl adjacent to an activating group) is 1. The number of fused-ring (bicyclic) bond motifs is 2. The Morgan fingerprint density at radius 3 is 2.57 bits per heavy atom. The van der Waals surface area contributed by atoms with Crippen LogP contribution in [0.25, 0.3) is 10.9 Å². The van der Waals surface area contributed by atoms with E-state index >= 15 is 0 Å². The molecule has 3 N–H and O–H groups in total. The van der Waals surface area contributed by atoms with E-state index in [0.29, 0.717) is 35.0 Å². The molecule has 12 heteroatoms. The van der Waals surface area contributed by atoms with E-state index in [-0.39, 0.29) is 42.1 Å². The second kappa shape index (κ2) is 14.2. The molecule has 3 heterocycles. The molecule has 1 aliphatic carbocycles. The van der Waals surface area contributed by atoms with Gasteiger partial charge < -0.3 is 25.4 Å². The molecule has 42 heavy (non-hydrogen) atoms. The number of nitrogens with one attached hydrogen (secondary N) is 3. The smallest absolute Gasteiger partial charge is 0.280 e. The van der Waals surface area contributed by atoms with Gasteiger partial charge in [0, 0.05) is 65.4 Å². The molecular formula is C30H40Cl2N6O3S. The molecule has 3 unspecified atom stereocenters. The number of rotatable bonds is 9. The molecule has 9 nitrogen and oxygen atoms in total. The Morgan fingerprint density at radius 1 is 1.10 bits per heavy atom. The van der Waals surface area contributed by atoms with E-state index in [0.717, 1.165) is 66.9 Å². The molecule has 5 rings (SSSR count). The molecule has 1 saturated carbocycles. The maximum absolute atomic E-state index is 13.5. The summed E-state index contributed by atoms with van der Waals surface area (Å²) in [5, 5.41) is 8.21. The van der Waals surface area contributed by atoms with Gasteiger partial charge in [0.1, 0.15) is 5.69 Å². The number of benzene rings is 1. The maximum Gasteiger partial charge on any atom is 0.280 e. The standard InChI is InChI=1S/C30H39ClN6O3S.ClH/c1-4-11-37(12-5-2)30(40)18-6-8-22(33-27(38)25-16-19-14-20(31)7-9-21(19)32-25)24(15-18)34-28(39)29-35-23-10-13-36(3)17-26(23)41-29;/h7,9,14,16,18,22,24,32H,4-6,8,10-13,15,17H2,1-3H3,(H,33,38)(H,34,39);1H. The lowest BCUT2D eigenvalue weighted by atomic mass is 9.81. The van der Waals surface area contributed by atoms with Crippen LogP contribution in [0.3, 0.4) is 0 Å². The zero-order valence-corrected chi connectivity index (χ0v) is 26.8. The Hall–Kier alpha value is -2.66. The summed E-state index contributed by atoms with van der Waals surface area (Å²) in [4.78, 5) is 53.4. The van der Waals surface area contributed by atoms with Gasteiger partial charge in [-0.15, -0.1) is 23.7 Å². The fourth-order valence-electron chi connectivity index (χ4n) is 5.98. The number of amides is 3. The SMILES string of the molecule is CCCN(CCC)C(=O)C1CCC(NC(=O)c2cc3cc(Cl)ccc3[nH]2)C(NC(=O)c2nc3c(s2)CN(C)CC3)C1.Cl. The molecule has 3 aromatic rings. The second-order valence-electron chi connectivity index (χ2n) is 11.3. The van der Waals surface area contributed by atoms with Crippen molar-refractivity contribution in [1.82, 2.24) is 30.4 Å². The average molecular weight is 636 g/mol. The number of hydrogen-bond acceptors (Lipinski definition) is 6. The van der Waals surface area contributed by atoms with Crippen LogP contribution in [0.1, 0.15) is 76.8 Å². The number of aromatic nitrogens is 2. The predicted octanol–water partition coefficient (Wildman–Crippen LogP) is 5.03. The molecule has 1 aliphatic heterocycles. The number of carbonyl (C=O) groups excluding carboxylic acids is 3. The summed E-state index contributed by atoms with van der Waals surface area (Å²) in [6.45, 7) is 7.32. The molecule has 0 bridgehead atoms. The van der Waals surface area contributed by atoms with E-state index in [2.05, 4.69) is 46.4 Å². The van der Waals surface area contributed by atoms with Crippen molar-refractivity contribution in [2.24, 2.45) is 5.92 Å². The molecule has 0 radical (unpaired) electrons. The monoisotopic (exact) mass is 634 g/mol. The van der Waals surface area contributed by atoms with E-state index in [1.165, 1.54) is 11.3 Å². The van der Waals surface area contributed by atoms with Crippen molar-refractivity contribution in [3.8, 4) is 0 Å². The van der Waals surface area contributed by atoms with Gasteiger partial charge in [-0.2, -0.15) is 0 Å². The van der Waals surface area contributed by atoms with Crippen molar-refractivity contribution in [3.05, 3.63) is 50.6 Å². The van der Waals surface area contributed by atoms with Gasteiger partial charge in [-0.25, -0.2) is 4.98 Å². The first-order valence-corrected chi connectivity index (χ1v) is 15.8. The Kier molecular flexibility index (Phi) is 10.9. The number of hydrogen-bond donors (Lipinski definition) is 3. The lowest BCUT2D eigenvalue weighted by Crippen LogP contribution is -2.56. The number of aromatic amines is 1. The predicted molar refractivity (Wildman–Crippen MR) is 170 cm³/mol. The molecule has 1 fully saturated rings. The Morgan fingerprint density at radius 2 is 1.83 bits per heavy atom. The minimum atomic E-state index is -0.401. The van der Waals surface area contributed by atoms with Crippen LogP contribution in [0.15, 0.2) is 24.3 Å². The third-order valence-corrected chi connectivity index (χ3v) is 9.39. The van der Waals surface area contributed by atoms with E-state index in [1.54, 1.807) is 12.1 Å². The zero-order chi connectivity index (χ0) is 29.1. The van der Waals surface area contributed by atoms with Gasteiger partial charge in [-0.05, 0) is 63.4 Å². The quantitative estimate of drug-likeness (QED) is 0.306. The summed E-state index contributed by atoms with van der Waals surface area (Å²) in [6, 6.07) is 6.50. The minimum Gasteiger partial charge on any atom is -0.351 e. The average Bonchev–Trinajstić information content (AvgIpc) is 3.57. The second-order valence-corrected chi connectivity index (χ2v) is 12.8.